The summed E-state index contributed by atoms with van der Waals surface area (Å²) in [5, 5.41) is 3.15. The number of hydrogen-bond donors (Lipinski definition) is 1. The maximum atomic E-state index is 13.3. The van der Waals surface area contributed by atoms with Gasteiger partial charge in [-0.2, -0.15) is 0 Å². The average Bonchev–Trinajstić information content (AvgIpc) is 2.68. The molecule has 0 spiro atoms. The summed E-state index contributed by atoms with van der Waals surface area (Å²) >= 11 is 0. The van der Waals surface area contributed by atoms with Crippen molar-refractivity contribution in [1.29, 1.82) is 0 Å². The van der Waals surface area contributed by atoms with Gasteiger partial charge in [-0.05, 0) is 80.8 Å². The number of piperidine rings is 1. The third kappa shape index (κ3) is 3.28. The van der Waals surface area contributed by atoms with Crippen molar-refractivity contribution in [2.45, 2.75) is 51.0 Å². The van der Waals surface area contributed by atoms with E-state index in [0.717, 1.165) is 37.8 Å². The fourth-order valence-electron chi connectivity index (χ4n) is 6.64. The van der Waals surface area contributed by atoms with Crippen LogP contribution >= 0.6 is 0 Å². The molecule has 1 aromatic carbocycles. The van der Waals surface area contributed by atoms with Crippen LogP contribution in [0, 0.1) is 29.6 Å². The smallest absolute Gasteiger partial charge is 0.251 e. The van der Waals surface area contributed by atoms with Gasteiger partial charge in [0, 0.05) is 30.6 Å². The van der Waals surface area contributed by atoms with E-state index in [1.807, 2.05) is 30.3 Å². The van der Waals surface area contributed by atoms with Gasteiger partial charge in [-0.1, -0.05) is 18.2 Å². The highest BCUT2D eigenvalue weighted by Crippen LogP contribution is 2.56. The number of carbonyl (C=O) groups is 2. The van der Waals surface area contributed by atoms with E-state index in [9.17, 15) is 9.59 Å². The quantitative estimate of drug-likeness (QED) is 0.890. The lowest BCUT2D eigenvalue weighted by molar-refractivity contribution is -0.150. The van der Waals surface area contributed by atoms with Crippen molar-refractivity contribution in [3.05, 3.63) is 35.9 Å². The Labute approximate surface area is 161 Å². The van der Waals surface area contributed by atoms with E-state index in [0.29, 0.717) is 29.2 Å². The van der Waals surface area contributed by atoms with Gasteiger partial charge in [-0.3, -0.25) is 9.59 Å². The Morgan fingerprint density at radius 1 is 0.852 bits per heavy atom. The van der Waals surface area contributed by atoms with Crippen LogP contribution < -0.4 is 5.32 Å². The van der Waals surface area contributed by atoms with Crippen molar-refractivity contribution in [3.8, 4) is 0 Å². The van der Waals surface area contributed by atoms with Gasteiger partial charge in [0.1, 0.15) is 0 Å². The molecular weight excluding hydrogens is 336 g/mol. The van der Waals surface area contributed by atoms with Crippen LogP contribution in [0.25, 0.3) is 0 Å². The predicted octanol–water partition coefficient (Wildman–Crippen LogP) is 3.48. The Kier molecular flexibility index (Phi) is 4.45. The molecule has 0 aromatic heterocycles. The molecule has 27 heavy (non-hydrogen) atoms. The fourth-order valence-corrected chi connectivity index (χ4v) is 6.64. The molecule has 5 aliphatic rings. The van der Waals surface area contributed by atoms with Crippen molar-refractivity contribution >= 4 is 11.8 Å². The third-order valence-electron chi connectivity index (χ3n) is 7.69. The monoisotopic (exact) mass is 366 g/mol. The first-order valence-electron chi connectivity index (χ1n) is 10.8. The minimum absolute atomic E-state index is 0.00131. The first-order valence-corrected chi connectivity index (χ1v) is 10.8. The van der Waals surface area contributed by atoms with Crippen LogP contribution in [-0.2, 0) is 4.79 Å². The number of hydrogen-bond acceptors (Lipinski definition) is 2. The van der Waals surface area contributed by atoms with Crippen molar-refractivity contribution in [2.24, 2.45) is 29.6 Å². The van der Waals surface area contributed by atoms with Crippen molar-refractivity contribution in [1.82, 2.24) is 10.2 Å². The second-order valence-electron chi connectivity index (χ2n) is 9.40. The standard InChI is InChI=1S/C23H30N2O2/c26-22(17-4-2-1-3-5-17)24-20-6-8-25(9-7-20)23(27)21-18-11-15-10-16(13-18)14-19(21)12-15/h1-5,15-16,18-21H,6-14H2,(H,24,26). The molecule has 1 heterocycles. The summed E-state index contributed by atoms with van der Waals surface area (Å²) in [6.07, 6.45) is 8.37. The Hall–Kier alpha value is -1.84. The normalized spacial score (nSPS) is 35.3. The van der Waals surface area contributed by atoms with Gasteiger partial charge in [0.25, 0.3) is 5.91 Å². The second kappa shape index (κ2) is 6.96. The van der Waals surface area contributed by atoms with E-state index in [1.54, 1.807) is 0 Å². The summed E-state index contributed by atoms with van der Waals surface area (Å²) in [5.74, 6) is 3.87. The van der Waals surface area contributed by atoms with Crippen LogP contribution in [0.15, 0.2) is 30.3 Å². The highest BCUT2D eigenvalue weighted by Gasteiger charge is 2.51. The number of carbonyl (C=O) groups excluding carboxylic acids is 2. The van der Waals surface area contributed by atoms with Crippen LogP contribution in [0.5, 0.6) is 0 Å². The molecular formula is C23H30N2O2. The minimum Gasteiger partial charge on any atom is -0.349 e. The molecule has 4 bridgehead atoms. The van der Waals surface area contributed by atoms with Crippen molar-refractivity contribution in [3.63, 3.8) is 0 Å². The van der Waals surface area contributed by atoms with E-state index in [1.165, 1.54) is 32.1 Å². The Morgan fingerprint density at radius 3 is 2.04 bits per heavy atom. The Balaban J connectivity index is 1.16. The average molecular weight is 367 g/mol. The van der Waals surface area contributed by atoms with E-state index in [4.69, 9.17) is 0 Å². The molecule has 144 valence electrons. The predicted molar refractivity (Wildman–Crippen MR) is 104 cm³/mol. The van der Waals surface area contributed by atoms with Gasteiger partial charge >= 0.3 is 0 Å². The van der Waals surface area contributed by atoms with Crippen molar-refractivity contribution in [2.75, 3.05) is 13.1 Å². The fraction of sp³-hybridized carbons (Fsp3) is 0.652. The van der Waals surface area contributed by atoms with Gasteiger partial charge in [0.15, 0.2) is 0 Å². The minimum atomic E-state index is 0.00131. The van der Waals surface area contributed by atoms with Gasteiger partial charge in [-0.25, -0.2) is 0 Å². The molecule has 4 heteroatoms. The van der Waals surface area contributed by atoms with Gasteiger partial charge in [0.2, 0.25) is 5.91 Å². The number of amides is 2. The molecule has 0 unspecified atom stereocenters. The summed E-state index contributed by atoms with van der Waals surface area (Å²) in [5.41, 5.74) is 0.713. The van der Waals surface area contributed by atoms with Gasteiger partial charge < -0.3 is 10.2 Å². The highest BCUT2D eigenvalue weighted by atomic mass is 16.2. The maximum absolute atomic E-state index is 13.3. The summed E-state index contributed by atoms with van der Waals surface area (Å²) < 4.78 is 0. The molecule has 1 aliphatic heterocycles. The third-order valence-corrected chi connectivity index (χ3v) is 7.69. The molecule has 0 radical (unpaired) electrons. The Morgan fingerprint density at radius 2 is 1.44 bits per heavy atom. The molecule has 1 aromatic rings. The summed E-state index contributed by atoms with van der Waals surface area (Å²) in [6.45, 7) is 1.59. The van der Waals surface area contributed by atoms with Crippen LogP contribution in [0.1, 0.15) is 55.3 Å². The molecule has 5 fully saturated rings. The lowest BCUT2D eigenvalue weighted by atomic mass is 9.51. The number of nitrogens with zero attached hydrogens (tertiary/aromatic N) is 1. The molecule has 4 nitrogen and oxygen atoms in total. The van der Waals surface area contributed by atoms with Crippen molar-refractivity contribution < 1.29 is 9.59 Å². The summed E-state index contributed by atoms with van der Waals surface area (Å²) in [7, 11) is 0. The summed E-state index contributed by atoms with van der Waals surface area (Å²) in [6, 6.07) is 9.58. The zero-order chi connectivity index (χ0) is 18.4. The number of rotatable bonds is 3. The van der Waals surface area contributed by atoms with E-state index in [2.05, 4.69) is 10.2 Å². The molecule has 1 saturated heterocycles. The van der Waals surface area contributed by atoms with E-state index in [-0.39, 0.29) is 11.9 Å². The van der Waals surface area contributed by atoms with Gasteiger partial charge in [0.05, 0.1) is 0 Å². The molecule has 6 rings (SSSR count). The SMILES string of the molecule is O=C(NC1CCN(C(=O)C2C3CC4CC(C3)CC2C4)CC1)c1ccccc1. The number of nitrogens with one attached hydrogen (secondary N) is 1. The zero-order valence-corrected chi connectivity index (χ0v) is 16.0. The second-order valence-corrected chi connectivity index (χ2v) is 9.40. The van der Waals surface area contributed by atoms with Crippen LogP contribution in [-0.4, -0.2) is 35.8 Å². The molecule has 4 saturated carbocycles. The largest absolute Gasteiger partial charge is 0.349 e. The number of likely N-dealkylation sites (tertiary alicyclic amines) is 1. The first kappa shape index (κ1) is 17.3. The zero-order valence-electron chi connectivity index (χ0n) is 16.0. The molecule has 4 aliphatic carbocycles. The number of benzene rings is 1. The van der Waals surface area contributed by atoms with Crippen LogP contribution in [0.2, 0.25) is 0 Å². The lowest BCUT2D eigenvalue weighted by Gasteiger charge is -2.54. The highest BCUT2D eigenvalue weighted by molar-refractivity contribution is 5.94. The van der Waals surface area contributed by atoms with Gasteiger partial charge in [-0.15, -0.1) is 0 Å². The lowest BCUT2D eigenvalue weighted by Crippen LogP contribution is -2.54. The molecule has 0 atom stereocenters. The maximum Gasteiger partial charge on any atom is 0.251 e. The Bertz CT molecular complexity index is 680. The first-order chi connectivity index (χ1) is 13.2. The van der Waals surface area contributed by atoms with E-state index >= 15 is 0 Å². The summed E-state index contributed by atoms with van der Waals surface area (Å²) in [4.78, 5) is 27.7. The molecule has 1 N–H and O–H groups in total. The van der Waals surface area contributed by atoms with Crippen LogP contribution in [0.4, 0.5) is 0 Å². The molecule has 2 amide bonds. The van der Waals surface area contributed by atoms with E-state index < -0.39 is 0 Å². The topological polar surface area (TPSA) is 49.4 Å². The van der Waals surface area contributed by atoms with Crippen LogP contribution in [0.3, 0.4) is 0 Å².